The van der Waals surface area contributed by atoms with Gasteiger partial charge in [0.05, 0.1) is 5.56 Å². The van der Waals surface area contributed by atoms with E-state index in [1.807, 2.05) is 47.4 Å². The van der Waals surface area contributed by atoms with E-state index >= 15 is 0 Å². The molecule has 0 radical (unpaired) electrons. The molecule has 3 aromatic rings. The Morgan fingerprint density at radius 1 is 0.812 bits per heavy atom. The zero-order valence-electron chi connectivity index (χ0n) is 37.0. The topological polar surface area (TPSA) is 176 Å². The Morgan fingerprint density at radius 2 is 1.62 bits per heavy atom. The van der Waals surface area contributed by atoms with Gasteiger partial charge in [0.1, 0.15) is 6.04 Å². The van der Waals surface area contributed by atoms with Crippen molar-refractivity contribution in [2.75, 3.05) is 82.2 Å². The van der Waals surface area contributed by atoms with E-state index in [4.69, 9.17) is 0 Å². The number of anilines is 2. The fourth-order valence-electron chi connectivity index (χ4n) is 9.93. The average molecular weight is 874 g/mol. The number of benzene rings is 1. The number of amides is 5. The molecule has 0 aliphatic carbocycles. The highest BCUT2D eigenvalue weighted by Gasteiger charge is 2.40. The molecule has 4 fully saturated rings. The second-order valence-corrected chi connectivity index (χ2v) is 17.9. The maximum absolute atomic E-state index is 13.4. The molecule has 1 unspecified atom stereocenters. The van der Waals surface area contributed by atoms with Crippen LogP contribution in [0.25, 0.3) is 6.08 Å². The first kappa shape index (κ1) is 44.9. The quantitative estimate of drug-likeness (QED) is 0.101. The second-order valence-electron chi connectivity index (χ2n) is 17.9. The molecule has 340 valence electrons. The van der Waals surface area contributed by atoms with Gasteiger partial charge in [0.25, 0.3) is 11.8 Å². The lowest BCUT2D eigenvalue weighted by atomic mass is 9.91. The SMILES string of the molecule is O=C(/C=C/c1cccnc1)NCCCCC1CCN(C(=O)c2ccc(N3CCC(N4CCN(CCCCNc5cccc6c5C(=O)N(C5CCC(=O)NC5=O)C6)CC4)CC3)nn2)CC1. The molecule has 3 N–H and O–H groups in total. The number of imide groups is 1. The predicted molar refractivity (Wildman–Crippen MR) is 244 cm³/mol. The number of pyridine rings is 1. The van der Waals surface area contributed by atoms with Crippen molar-refractivity contribution in [3.8, 4) is 0 Å². The smallest absolute Gasteiger partial charge is 0.274 e. The lowest BCUT2D eigenvalue weighted by molar-refractivity contribution is -0.137. The molecule has 16 nitrogen and oxygen atoms in total. The zero-order valence-corrected chi connectivity index (χ0v) is 37.0. The molecule has 0 bridgehead atoms. The maximum Gasteiger partial charge on any atom is 0.274 e. The highest BCUT2D eigenvalue weighted by Crippen LogP contribution is 2.32. The number of carbonyl (C=O) groups is 5. The molecule has 5 aliphatic rings. The summed E-state index contributed by atoms with van der Waals surface area (Å²) in [5, 5.41) is 17.7. The molecule has 8 rings (SSSR count). The van der Waals surface area contributed by atoms with Gasteiger partial charge in [0, 0.05) is 109 Å². The number of rotatable bonds is 17. The Bertz CT molecular complexity index is 2110. The molecule has 0 saturated carbocycles. The van der Waals surface area contributed by atoms with Crippen LogP contribution in [0.2, 0.25) is 0 Å². The van der Waals surface area contributed by atoms with Crippen LogP contribution in [0.4, 0.5) is 11.5 Å². The van der Waals surface area contributed by atoms with Crippen molar-refractivity contribution in [1.82, 2.24) is 45.4 Å². The monoisotopic (exact) mass is 874 g/mol. The van der Waals surface area contributed by atoms with E-state index in [2.05, 4.69) is 45.8 Å². The van der Waals surface area contributed by atoms with Gasteiger partial charge in [-0.2, -0.15) is 0 Å². The summed E-state index contributed by atoms with van der Waals surface area (Å²) in [6, 6.07) is 13.3. The molecule has 16 heteroatoms. The van der Waals surface area contributed by atoms with Gasteiger partial charge in [0.2, 0.25) is 17.7 Å². The Labute approximate surface area is 376 Å². The minimum absolute atomic E-state index is 0.0385. The molecule has 64 heavy (non-hydrogen) atoms. The van der Waals surface area contributed by atoms with E-state index in [9.17, 15) is 24.0 Å². The van der Waals surface area contributed by atoms with Gasteiger partial charge in [-0.1, -0.05) is 31.0 Å². The van der Waals surface area contributed by atoms with E-state index in [1.165, 1.54) is 0 Å². The minimum atomic E-state index is -0.609. The van der Waals surface area contributed by atoms with Gasteiger partial charge in [-0.15, -0.1) is 10.2 Å². The third-order valence-corrected chi connectivity index (χ3v) is 13.7. The number of piperidine rings is 3. The molecular weight excluding hydrogens is 811 g/mol. The van der Waals surface area contributed by atoms with E-state index in [1.54, 1.807) is 29.4 Å². The van der Waals surface area contributed by atoms with Crippen LogP contribution in [-0.2, 0) is 20.9 Å². The number of hydrogen-bond donors (Lipinski definition) is 3. The number of unbranched alkanes of at least 4 members (excludes halogenated alkanes) is 2. The minimum Gasteiger partial charge on any atom is -0.384 e. The first-order valence-corrected chi connectivity index (χ1v) is 23.5. The summed E-state index contributed by atoms with van der Waals surface area (Å²) in [6.07, 6.45) is 16.6. The fourth-order valence-corrected chi connectivity index (χ4v) is 9.93. The molecule has 7 heterocycles. The Hall–Kier alpha value is -5.74. The molecule has 1 aromatic carbocycles. The third-order valence-electron chi connectivity index (χ3n) is 13.7. The van der Waals surface area contributed by atoms with Crippen LogP contribution in [0.5, 0.6) is 0 Å². The number of aromatic nitrogens is 3. The van der Waals surface area contributed by atoms with E-state index in [0.29, 0.717) is 42.7 Å². The van der Waals surface area contributed by atoms with Crippen LogP contribution in [-0.4, -0.2) is 148 Å². The summed E-state index contributed by atoms with van der Waals surface area (Å²) in [5.41, 5.74) is 3.69. The molecule has 5 aliphatic heterocycles. The Morgan fingerprint density at radius 3 is 2.38 bits per heavy atom. The van der Waals surface area contributed by atoms with Crippen molar-refractivity contribution in [3.05, 3.63) is 83.3 Å². The summed E-state index contributed by atoms with van der Waals surface area (Å²) in [4.78, 5) is 78.0. The van der Waals surface area contributed by atoms with E-state index in [-0.39, 0.29) is 36.0 Å². The lowest BCUT2D eigenvalue weighted by Gasteiger charge is -2.43. The largest absolute Gasteiger partial charge is 0.384 e. The van der Waals surface area contributed by atoms with Gasteiger partial charge >= 0.3 is 0 Å². The summed E-state index contributed by atoms with van der Waals surface area (Å²) >= 11 is 0. The molecule has 1 atom stereocenters. The van der Waals surface area contributed by atoms with Crippen molar-refractivity contribution < 1.29 is 24.0 Å². The number of hydrogen-bond acceptors (Lipinski definition) is 12. The summed E-state index contributed by atoms with van der Waals surface area (Å²) in [5.74, 6) is 0.486. The van der Waals surface area contributed by atoms with Crippen LogP contribution in [0.1, 0.15) is 103 Å². The van der Waals surface area contributed by atoms with Crippen LogP contribution in [0.15, 0.2) is 60.9 Å². The second kappa shape index (κ2) is 21.8. The van der Waals surface area contributed by atoms with Crippen molar-refractivity contribution in [3.63, 3.8) is 0 Å². The van der Waals surface area contributed by atoms with Crippen LogP contribution >= 0.6 is 0 Å². The van der Waals surface area contributed by atoms with Gasteiger partial charge in [-0.3, -0.25) is 39.2 Å². The first-order chi connectivity index (χ1) is 31.3. The number of nitrogens with one attached hydrogen (secondary N) is 3. The van der Waals surface area contributed by atoms with Crippen LogP contribution in [0, 0.1) is 5.92 Å². The predicted octanol–water partition coefficient (Wildman–Crippen LogP) is 3.96. The van der Waals surface area contributed by atoms with Crippen molar-refractivity contribution in [2.24, 2.45) is 5.92 Å². The highest BCUT2D eigenvalue weighted by molar-refractivity contribution is 6.07. The van der Waals surface area contributed by atoms with Crippen LogP contribution in [0.3, 0.4) is 0 Å². The highest BCUT2D eigenvalue weighted by atomic mass is 16.2. The van der Waals surface area contributed by atoms with E-state index < -0.39 is 6.04 Å². The van der Waals surface area contributed by atoms with Gasteiger partial charge in [-0.05, 0) is 105 Å². The van der Waals surface area contributed by atoms with Crippen LogP contribution < -0.4 is 20.9 Å². The zero-order chi connectivity index (χ0) is 44.3. The number of piperazine rings is 1. The maximum atomic E-state index is 13.4. The number of nitrogens with zero attached hydrogens (tertiary/aromatic N) is 8. The van der Waals surface area contributed by atoms with E-state index in [0.717, 1.165) is 146 Å². The molecule has 4 saturated heterocycles. The number of carbonyl (C=O) groups excluding carboxylic acids is 5. The third kappa shape index (κ3) is 11.5. The normalized spacial score (nSPS) is 20.5. The van der Waals surface area contributed by atoms with Crippen molar-refractivity contribution >= 4 is 47.1 Å². The average Bonchev–Trinajstić information content (AvgIpc) is 3.67. The first-order valence-electron chi connectivity index (χ1n) is 23.5. The number of likely N-dealkylation sites (tertiary alicyclic amines) is 1. The summed E-state index contributed by atoms with van der Waals surface area (Å²) in [7, 11) is 0. The van der Waals surface area contributed by atoms with Crippen molar-refractivity contribution in [1.29, 1.82) is 0 Å². The molecule has 5 amide bonds. The summed E-state index contributed by atoms with van der Waals surface area (Å²) < 4.78 is 0. The Kier molecular flexibility index (Phi) is 15.3. The standard InChI is InChI=1S/C48H63N11O5/c60-43(15-11-36-8-6-21-49-33-36)51-23-2-1-7-35-17-25-58(26-18-35)47(63)40-12-14-42(54-53-40)57-27-19-38(20-28-57)56-31-29-55(30-32-56)24-4-3-22-50-39-10-5-9-37-34-59(48(64)45(37)39)41-13-16-44(61)52-46(41)62/h5-6,8-12,14-15,21,33,35,38,41,50H,1-4,7,13,16-20,22-32,34H2,(H,51,60)(H,52,61,62)/b15-11+. The number of fused-ring (bicyclic) bond motifs is 1. The van der Waals surface area contributed by atoms with Crippen molar-refractivity contribution in [2.45, 2.75) is 89.3 Å². The Balaban J connectivity index is 0.670. The molecular formula is C48H63N11O5. The molecule has 2 aromatic heterocycles. The fraction of sp³-hybridized carbons (Fsp3) is 0.542. The van der Waals surface area contributed by atoms with Gasteiger partial charge in [0.15, 0.2) is 11.5 Å². The lowest BCUT2D eigenvalue weighted by Crippen LogP contribution is -2.53. The van der Waals surface area contributed by atoms with Gasteiger partial charge < -0.3 is 30.2 Å². The molecule has 0 spiro atoms. The summed E-state index contributed by atoms with van der Waals surface area (Å²) in [6.45, 7) is 10.5. The van der Waals surface area contributed by atoms with Gasteiger partial charge in [-0.25, -0.2) is 0 Å².